The predicted octanol–water partition coefficient (Wildman–Crippen LogP) is 3.95. The number of nitrogens with zero attached hydrogens (tertiary/aromatic N) is 2. The molecule has 2 heterocycles. The molecule has 42 heavy (non-hydrogen) atoms. The van der Waals surface area contributed by atoms with E-state index in [9.17, 15) is 18.0 Å². The van der Waals surface area contributed by atoms with Crippen molar-refractivity contribution in [2.24, 2.45) is 5.92 Å². The average Bonchev–Trinajstić information content (AvgIpc) is 3.01. The van der Waals surface area contributed by atoms with Crippen molar-refractivity contribution in [3.8, 4) is 11.5 Å². The topological polar surface area (TPSA) is 105 Å². The second kappa shape index (κ2) is 13.0. The molecular weight excluding hydrogens is 554 g/mol. The molecule has 222 valence electrons. The number of benzene rings is 3. The number of aryl methyl sites for hydroxylation is 1. The van der Waals surface area contributed by atoms with Crippen LogP contribution in [0.25, 0.3) is 0 Å². The van der Waals surface area contributed by atoms with Crippen LogP contribution in [0.4, 0.5) is 5.69 Å². The van der Waals surface area contributed by atoms with Gasteiger partial charge in [-0.3, -0.25) is 9.59 Å². The molecule has 0 saturated carbocycles. The number of amides is 2. The van der Waals surface area contributed by atoms with Crippen molar-refractivity contribution >= 4 is 27.5 Å². The molecule has 0 bridgehead atoms. The van der Waals surface area contributed by atoms with Crippen LogP contribution in [-0.4, -0.2) is 63.4 Å². The fourth-order valence-corrected chi connectivity index (χ4v) is 7.11. The number of para-hydroxylation sites is 2. The van der Waals surface area contributed by atoms with Gasteiger partial charge in [-0.25, -0.2) is 8.42 Å². The van der Waals surface area contributed by atoms with E-state index in [0.29, 0.717) is 56.1 Å². The predicted molar refractivity (Wildman–Crippen MR) is 160 cm³/mol. The first-order valence-corrected chi connectivity index (χ1v) is 15.8. The van der Waals surface area contributed by atoms with Crippen LogP contribution in [0.3, 0.4) is 0 Å². The number of carbonyl (C=O) groups excluding carboxylic acids is 2. The zero-order valence-electron chi connectivity index (χ0n) is 24.0. The number of sulfonamides is 1. The van der Waals surface area contributed by atoms with E-state index in [1.165, 1.54) is 4.31 Å². The highest BCUT2D eigenvalue weighted by Gasteiger charge is 2.39. The third kappa shape index (κ3) is 6.44. The number of anilines is 1. The Kier molecular flexibility index (Phi) is 9.13. The summed E-state index contributed by atoms with van der Waals surface area (Å²) >= 11 is 0. The Bertz CT molecular complexity index is 1530. The number of carbonyl (C=O) groups is 2. The third-order valence-corrected chi connectivity index (χ3v) is 9.57. The van der Waals surface area contributed by atoms with E-state index in [1.54, 1.807) is 41.3 Å². The lowest BCUT2D eigenvalue weighted by atomic mass is 9.97. The maximum Gasteiger partial charge on any atom is 0.262 e. The van der Waals surface area contributed by atoms with Crippen molar-refractivity contribution < 1.29 is 27.5 Å². The first-order valence-electron chi connectivity index (χ1n) is 14.4. The Morgan fingerprint density at radius 2 is 1.79 bits per heavy atom. The van der Waals surface area contributed by atoms with Gasteiger partial charge in [0.25, 0.3) is 5.91 Å². The van der Waals surface area contributed by atoms with Gasteiger partial charge < -0.3 is 19.7 Å². The Hall–Kier alpha value is -3.89. The van der Waals surface area contributed by atoms with Gasteiger partial charge in [0.1, 0.15) is 11.5 Å². The van der Waals surface area contributed by atoms with E-state index < -0.39 is 22.0 Å². The van der Waals surface area contributed by atoms with E-state index in [1.807, 2.05) is 50.2 Å². The molecule has 1 fully saturated rings. The second-order valence-electron chi connectivity index (χ2n) is 10.6. The number of fused-ring (bicyclic) bond motifs is 1. The van der Waals surface area contributed by atoms with Crippen LogP contribution in [0, 0.1) is 12.8 Å². The minimum absolute atomic E-state index is 0.0500. The van der Waals surface area contributed by atoms with Crippen molar-refractivity contribution in [2.75, 3.05) is 37.7 Å². The summed E-state index contributed by atoms with van der Waals surface area (Å²) in [5.74, 6) is 0.0380. The van der Waals surface area contributed by atoms with E-state index in [-0.39, 0.29) is 29.8 Å². The number of ether oxygens (including phenoxy) is 2. The molecule has 2 aliphatic heterocycles. The van der Waals surface area contributed by atoms with Gasteiger partial charge in [0.15, 0.2) is 6.10 Å². The van der Waals surface area contributed by atoms with Gasteiger partial charge in [-0.1, -0.05) is 42.5 Å². The normalized spacial score (nSPS) is 19.0. The summed E-state index contributed by atoms with van der Waals surface area (Å²) in [7, 11) is -3.81. The van der Waals surface area contributed by atoms with Gasteiger partial charge in [-0.2, -0.15) is 4.31 Å². The summed E-state index contributed by atoms with van der Waals surface area (Å²) < 4.78 is 40.1. The lowest BCUT2D eigenvalue weighted by Gasteiger charge is -2.38. The van der Waals surface area contributed by atoms with Crippen LogP contribution < -0.4 is 19.7 Å². The highest BCUT2D eigenvalue weighted by atomic mass is 32.2. The average molecular weight is 592 g/mol. The molecular formula is C32H37N3O6S. The molecule has 0 spiro atoms. The van der Waals surface area contributed by atoms with Crippen LogP contribution in [0.1, 0.15) is 30.9 Å². The Labute approximate surface area is 247 Å². The first-order chi connectivity index (χ1) is 20.3. The molecule has 0 aromatic heterocycles. The monoisotopic (exact) mass is 591 g/mol. The van der Waals surface area contributed by atoms with Crippen molar-refractivity contribution in [3.63, 3.8) is 0 Å². The van der Waals surface area contributed by atoms with E-state index in [0.717, 1.165) is 11.1 Å². The summed E-state index contributed by atoms with van der Waals surface area (Å²) in [5.41, 5.74) is 2.43. The maximum absolute atomic E-state index is 14.0. The molecule has 2 atom stereocenters. The molecule has 9 nitrogen and oxygen atoms in total. The number of hydrogen-bond acceptors (Lipinski definition) is 6. The van der Waals surface area contributed by atoms with Crippen LogP contribution in [-0.2, 0) is 26.0 Å². The minimum Gasteiger partial charge on any atom is -0.494 e. The lowest BCUT2D eigenvalue weighted by Crippen LogP contribution is -2.54. The molecule has 1 saturated heterocycles. The van der Waals surface area contributed by atoms with E-state index >= 15 is 0 Å². The van der Waals surface area contributed by atoms with Crippen molar-refractivity contribution in [1.82, 2.24) is 9.62 Å². The lowest BCUT2D eigenvalue weighted by molar-refractivity contribution is -0.129. The number of nitrogens with one attached hydrogen (secondary N) is 1. The van der Waals surface area contributed by atoms with Crippen molar-refractivity contribution in [1.29, 1.82) is 0 Å². The molecule has 3 aromatic rings. The Balaban J connectivity index is 1.29. The highest BCUT2D eigenvalue weighted by Crippen LogP contribution is 2.36. The number of piperidine rings is 1. The Morgan fingerprint density at radius 3 is 2.55 bits per heavy atom. The fraction of sp³-hybridized carbons (Fsp3) is 0.375. The molecule has 3 aromatic carbocycles. The third-order valence-electron chi connectivity index (χ3n) is 7.71. The van der Waals surface area contributed by atoms with Crippen LogP contribution in [0.15, 0.2) is 77.7 Å². The molecule has 1 N–H and O–H groups in total. The van der Waals surface area contributed by atoms with Crippen LogP contribution >= 0.6 is 0 Å². The van der Waals surface area contributed by atoms with Gasteiger partial charge in [-0.05, 0) is 74.6 Å². The highest BCUT2D eigenvalue weighted by molar-refractivity contribution is 7.89. The summed E-state index contributed by atoms with van der Waals surface area (Å²) in [4.78, 5) is 28.8. The number of hydrogen-bond donors (Lipinski definition) is 1. The summed E-state index contributed by atoms with van der Waals surface area (Å²) in [6.07, 6.45) is 0.912. The van der Waals surface area contributed by atoms with Gasteiger partial charge >= 0.3 is 0 Å². The maximum atomic E-state index is 14.0. The summed E-state index contributed by atoms with van der Waals surface area (Å²) in [5, 5.41) is 2.93. The molecule has 5 rings (SSSR count). The molecule has 0 radical (unpaired) electrons. The minimum atomic E-state index is -3.81. The van der Waals surface area contributed by atoms with Gasteiger partial charge in [0.2, 0.25) is 15.9 Å². The summed E-state index contributed by atoms with van der Waals surface area (Å²) in [6.45, 7) is 5.08. The zero-order chi connectivity index (χ0) is 29.7. The zero-order valence-corrected chi connectivity index (χ0v) is 24.8. The van der Waals surface area contributed by atoms with Crippen molar-refractivity contribution in [3.05, 3.63) is 83.9 Å². The summed E-state index contributed by atoms with van der Waals surface area (Å²) in [6, 6.07) is 21.9. The molecule has 2 amide bonds. The van der Waals surface area contributed by atoms with Crippen LogP contribution in [0.2, 0.25) is 0 Å². The smallest absolute Gasteiger partial charge is 0.262 e. The van der Waals surface area contributed by atoms with E-state index in [4.69, 9.17) is 9.47 Å². The SMILES string of the molecule is CCOc1ccc(S(=O)(=O)N2CCCC(C(=O)N3CC(C(=O)NCCc4ccccc4)Oc4ccccc43)C2)cc1C. The standard InChI is InChI=1S/C32H37N3O6S/c1-3-40-28-16-15-26(20-23(28)2)42(38,39)34-19-9-12-25(21-34)32(37)35-22-30(41-29-14-8-7-13-27(29)35)31(36)33-18-17-24-10-5-4-6-11-24/h4-8,10-11,13-16,20,25,30H,3,9,12,17-19,21-22H2,1-2H3,(H,33,36). The molecule has 10 heteroatoms. The largest absolute Gasteiger partial charge is 0.494 e. The van der Waals surface area contributed by atoms with Gasteiger partial charge in [0.05, 0.1) is 29.7 Å². The first kappa shape index (κ1) is 29.6. The van der Waals surface area contributed by atoms with Crippen LogP contribution in [0.5, 0.6) is 11.5 Å². The van der Waals surface area contributed by atoms with Gasteiger partial charge in [-0.15, -0.1) is 0 Å². The molecule has 2 unspecified atom stereocenters. The van der Waals surface area contributed by atoms with Crippen molar-refractivity contribution in [2.45, 2.75) is 44.1 Å². The van der Waals surface area contributed by atoms with E-state index in [2.05, 4.69) is 5.32 Å². The number of rotatable bonds is 9. The Morgan fingerprint density at radius 1 is 1.02 bits per heavy atom. The fourth-order valence-electron chi connectivity index (χ4n) is 5.50. The second-order valence-corrected chi connectivity index (χ2v) is 12.6. The van der Waals surface area contributed by atoms with Gasteiger partial charge in [0, 0.05) is 19.6 Å². The quantitative estimate of drug-likeness (QED) is 0.404. The molecule has 2 aliphatic rings. The molecule has 0 aliphatic carbocycles.